The Kier molecular flexibility index (Phi) is 5.71. The van der Waals surface area contributed by atoms with Crippen molar-refractivity contribution in [3.8, 4) is 5.75 Å². The molecule has 0 heterocycles. The van der Waals surface area contributed by atoms with E-state index in [1.165, 1.54) is 35.7 Å². The minimum Gasteiger partial charge on any atom is -0.497 e. The highest BCUT2D eigenvalue weighted by molar-refractivity contribution is 9.10. The molecule has 0 bridgehead atoms. The van der Waals surface area contributed by atoms with E-state index in [1.54, 1.807) is 7.11 Å². The number of halogens is 1. The maximum Gasteiger partial charge on any atom is 0.119 e. The van der Waals surface area contributed by atoms with Crippen LogP contribution in [0.4, 0.5) is 0 Å². The van der Waals surface area contributed by atoms with Crippen LogP contribution in [0.15, 0.2) is 22.7 Å². The summed E-state index contributed by atoms with van der Waals surface area (Å²) in [5, 5.41) is 3.66. The van der Waals surface area contributed by atoms with Crippen LogP contribution in [0.2, 0.25) is 0 Å². The molecule has 1 aromatic carbocycles. The predicted molar refractivity (Wildman–Crippen MR) is 83.8 cm³/mol. The fourth-order valence-electron chi connectivity index (χ4n) is 3.10. The first-order valence-corrected chi connectivity index (χ1v) is 8.09. The lowest BCUT2D eigenvalue weighted by Crippen LogP contribution is -2.39. The molecule has 1 N–H and O–H groups in total. The van der Waals surface area contributed by atoms with Gasteiger partial charge in [0.05, 0.1) is 7.11 Å². The zero-order valence-electron chi connectivity index (χ0n) is 11.9. The summed E-state index contributed by atoms with van der Waals surface area (Å²) in [5.41, 5.74) is 1.37. The van der Waals surface area contributed by atoms with E-state index in [0.29, 0.717) is 6.04 Å². The normalized spacial score (nSPS) is 23.3. The van der Waals surface area contributed by atoms with Crippen molar-refractivity contribution in [2.24, 2.45) is 5.92 Å². The Labute approximate surface area is 125 Å². The van der Waals surface area contributed by atoms with E-state index in [2.05, 4.69) is 40.3 Å². The van der Waals surface area contributed by atoms with Crippen LogP contribution in [0.1, 0.15) is 38.2 Å². The van der Waals surface area contributed by atoms with Crippen LogP contribution in [-0.4, -0.2) is 19.7 Å². The lowest BCUT2D eigenvalue weighted by atomic mass is 9.80. The summed E-state index contributed by atoms with van der Waals surface area (Å²) in [5.74, 6) is 1.70. The van der Waals surface area contributed by atoms with Gasteiger partial charge in [-0.3, -0.25) is 0 Å². The molecule has 0 amide bonds. The number of rotatable bonds is 5. The predicted octanol–water partition coefficient (Wildman–Crippen LogP) is 4.17. The molecule has 3 heteroatoms. The Hall–Kier alpha value is -0.540. The van der Waals surface area contributed by atoms with Gasteiger partial charge in [0.15, 0.2) is 0 Å². The third kappa shape index (κ3) is 3.96. The van der Waals surface area contributed by atoms with Crippen LogP contribution in [-0.2, 0) is 6.42 Å². The van der Waals surface area contributed by atoms with E-state index < -0.39 is 0 Å². The molecule has 1 aromatic rings. The number of nitrogens with one attached hydrogen (secondary N) is 1. The number of benzene rings is 1. The maximum atomic E-state index is 5.34. The van der Waals surface area contributed by atoms with Crippen molar-refractivity contribution in [3.05, 3.63) is 28.2 Å². The van der Waals surface area contributed by atoms with Gasteiger partial charge in [-0.2, -0.15) is 0 Å². The standard InChI is InChI=1S/C16H24BrNO/c1-3-18-16-7-5-4-6-12(16)10-13-11-14(19-2)8-9-15(13)17/h8-9,11-12,16,18H,3-7,10H2,1-2H3. The Morgan fingerprint density at radius 2 is 2.11 bits per heavy atom. The van der Waals surface area contributed by atoms with Gasteiger partial charge in [-0.25, -0.2) is 0 Å². The summed E-state index contributed by atoms with van der Waals surface area (Å²) in [6, 6.07) is 6.95. The molecule has 0 aromatic heterocycles. The van der Waals surface area contributed by atoms with Crippen LogP contribution < -0.4 is 10.1 Å². The maximum absolute atomic E-state index is 5.34. The smallest absolute Gasteiger partial charge is 0.119 e. The topological polar surface area (TPSA) is 21.3 Å². The summed E-state index contributed by atoms with van der Waals surface area (Å²) in [7, 11) is 1.73. The molecule has 2 rings (SSSR count). The van der Waals surface area contributed by atoms with Gasteiger partial charge in [-0.1, -0.05) is 35.7 Å². The Balaban J connectivity index is 2.09. The zero-order chi connectivity index (χ0) is 13.7. The van der Waals surface area contributed by atoms with Crippen molar-refractivity contribution >= 4 is 15.9 Å². The van der Waals surface area contributed by atoms with Crippen LogP contribution in [0.5, 0.6) is 5.75 Å². The molecule has 0 aliphatic heterocycles. The SMILES string of the molecule is CCNC1CCCCC1Cc1cc(OC)ccc1Br. The van der Waals surface area contributed by atoms with Gasteiger partial charge in [0.1, 0.15) is 5.75 Å². The van der Waals surface area contributed by atoms with Gasteiger partial charge in [0.2, 0.25) is 0 Å². The number of hydrogen-bond donors (Lipinski definition) is 1. The van der Waals surface area contributed by atoms with Gasteiger partial charge in [-0.05, 0) is 55.5 Å². The lowest BCUT2D eigenvalue weighted by Gasteiger charge is -2.32. The van der Waals surface area contributed by atoms with Crippen LogP contribution in [0, 0.1) is 5.92 Å². The van der Waals surface area contributed by atoms with Crippen molar-refractivity contribution < 1.29 is 4.74 Å². The fraction of sp³-hybridized carbons (Fsp3) is 0.625. The molecule has 2 atom stereocenters. The highest BCUT2D eigenvalue weighted by Gasteiger charge is 2.25. The van der Waals surface area contributed by atoms with Gasteiger partial charge >= 0.3 is 0 Å². The summed E-state index contributed by atoms with van der Waals surface area (Å²) in [4.78, 5) is 0. The molecule has 1 saturated carbocycles. The molecule has 0 saturated heterocycles. The molecule has 1 aliphatic rings. The minimum absolute atomic E-state index is 0.678. The second kappa shape index (κ2) is 7.30. The first-order chi connectivity index (χ1) is 9.24. The van der Waals surface area contributed by atoms with E-state index in [-0.39, 0.29) is 0 Å². The number of hydrogen-bond acceptors (Lipinski definition) is 2. The van der Waals surface area contributed by atoms with Crippen LogP contribution in [0.3, 0.4) is 0 Å². The second-order valence-electron chi connectivity index (χ2n) is 5.37. The molecule has 1 fully saturated rings. The molecule has 0 spiro atoms. The van der Waals surface area contributed by atoms with Crippen molar-refractivity contribution in [1.82, 2.24) is 5.32 Å². The Morgan fingerprint density at radius 3 is 2.84 bits per heavy atom. The molecular weight excluding hydrogens is 302 g/mol. The van der Waals surface area contributed by atoms with E-state index in [4.69, 9.17) is 4.74 Å². The van der Waals surface area contributed by atoms with E-state index in [9.17, 15) is 0 Å². The fourth-order valence-corrected chi connectivity index (χ4v) is 3.51. The number of ether oxygens (including phenoxy) is 1. The zero-order valence-corrected chi connectivity index (χ0v) is 13.5. The molecule has 106 valence electrons. The monoisotopic (exact) mass is 325 g/mol. The summed E-state index contributed by atoms with van der Waals surface area (Å²) >= 11 is 3.67. The van der Waals surface area contributed by atoms with E-state index >= 15 is 0 Å². The number of methoxy groups -OCH3 is 1. The summed E-state index contributed by atoms with van der Waals surface area (Å²) in [6.07, 6.45) is 6.53. The average molecular weight is 326 g/mol. The third-order valence-electron chi connectivity index (χ3n) is 4.11. The van der Waals surface area contributed by atoms with Crippen LogP contribution in [0.25, 0.3) is 0 Å². The molecule has 2 unspecified atom stereocenters. The van der Waals surface area contributed by atoms with Gasteiger partial charge in [-0.15, -0.1) is 0 Å². The Bertz CT molecular complexity index is 406. The van der Waals surface area contributed by atoms with Gasteiger partial charge < -0.3 is 10.1 Å². The van der Waals surface area contributed by atoms with Crippen molar-refractivity contribution in [2.45, 2.75) is 45.1 Å². The largest absolute Gasteiger partial charge is 0.497 e. The second-order valence-corrected chi connectivity index (χ2v) is 6.22. The molecule has 0 radical (unpaired) electrons. The van der Waals surface area contributed by atoms with Crippen LogP contribution >= 0.6 is 15.9 Å². The minimum atomic E-state index is 0.678. The molecule has 2 nitrogen and oxygen atoms in total. The molecular formula is C16H24BrNO. The van der Waals surface area contributed by atoms with Crippen molar-refractivity contribution in [1.29, 1.82) is 0 Å². The van der Waals surface area contributed by atoms with Gasteiger partial charge in [0, 0.05) is 10.5 Å². The first kappa shape index (κ1) is 14.9. The van der Waals surface area contributed by atoms with E-state index in [0.717, 1.165) is 24.6 Å². The summed E-state index contributed by atoms with van der Waals surface area (Å²) in [6.45, 7) is 3.27. The highest BCUT2D eigenvalue weighted by atomic mass is 79.9. The molecule has 1 aliphatic carbocycles. The van der Waals surface area contributed by atoms with Gasteiger partial charge in [0.25, 0.3) is 0 Å². The Morgan fingerprint density at radius 1 is 1.32 bits per heavy atom. The van der Waals surface area contributed by atoms with Crippen molar-refractivity contribution in [2.75, 3.05) is 13.7 Å². The third-order valence-corrected chi connectivity index (χ3v) is 4.88. The lowest BCUT2D eigenvalue weighted by molar-refractivity contribution is 0.264. The first-order valence-electron chi connectivity index (χ1n) is 7.30. The van der Waals surface area contributed by atoms with E-state index in [1.807, 2.05) is 6.07 Å². The average Bonchev–Trinajstić information content (AvgIpc) is 2.43. The highest BCUT2D eigenvalue weighted by Crippen LogP contribution is 2.31. The quantitative estimate of drug-likeness (QED) is 0.877. The summed E-state index contributed by atoms with van der Waals surface area (Å²) < 4.78 is 6.54. The molecule has 19 heavy (non-hydrogen) atoms. The van der Waals surface area contributed by atoms with Crippen molar-refractivity contribution in [3.63, 3.8) is 0 Å².